The summed E-state index contributed by atoms with van der Waals surface area (Å²) in [5, 5.41) is 3.14. The summed E-state index contributed by atoms with van der Waals surface area (Å²) in [7, 11) is -4.06. The normalized spacial score (nSPS) is 25.2. The third-order valence-electron chi connectivity index (χ3n) is 4.36. The van der Waals surface area contributed by atoms with Crippen LogP contribution in [0.2, 0.25) is 5.02 Å². The molecule has 0 aliphatic carbocycles. The van der Waals surface area contributed by atoms with Crippen molar-refractivity contribution in [3.8, 4) is 0 Å². The number of benzene rings is 1. The molecule has 10 heteroatoms. The third kappa shape index (κ3) is 3.83. The molecule has 1 aromatic rings. The highest BCUT2D eigenvalue weighted by Gasteiger charge is 2.37. The number of sulfonamides is 1. The first kappa shape index (κ1) is 19.8. The molecule has 24 heavy (non-hydrogen) atoms. The highest BCUT2D eigenvalue weighted by molar-refractivity contribution is 7.89. The molecule has 1 N–H and O–H groups in total. The lowest BCUT2D eigenvalue weighted by molar-refractivity contribution is -0.137. The predicted molar refractivity (Wildman–Crippen MR) is 87.0 cm³/mol. The molecule has 2 aliphatic heterocycles. The molecule has 4 nitrogen and oxygen atoms in total. The summed E-state index contributed by atoms with van der Waals surface area (Å²) in [5.74, 6) is 0. The van der Waals surface area contributed by atoms with Crippen molar-refractivity contribution in [2.24, 2.45) is 0 Å². The maximum atomic E-state index is 12.9. The van der Waals surface area contributed by atoms with E-state index in [1.165, 1.54) is 4.31 Å². The summed E-state index contributed by atoms with van der Waals surface area (Å²) in [6.45, 7) is 0.536. The number of nitrogens with one attached hydrogen (secondary N) is 1. The first-order valence-electron chi connectivity index (χ1n) is 7.31. The minimum Gasteiger partial charge on any atom is -0.310 e. The average Bonchev–Trinajstić information content (AvgIpc) is 2.76. The Balaban J connectivity index is 0.00000208. The van der Waals surface area contributed by atoms with Crippen molar-refractivity contribution in [3.63, 3.8) is 0 Å². The minimum atomic E-state index is -4.62. The lowest BCUT2D eigenvalue weighted by Gasteiger charge is -2.24. The van der Waals surface area contributed by atoms with E-state index in [4.69, 9.17) is 11.6 Å². The van der Waals surface area contributed by atoms with E-state index in [0.29, 0.717) is 12.5 Å². The fourth-order valence-corrected chi connectivity index (χ4v) is 5.15. The number of hydrogen-bond donors (Lipinski definition) is 1. The maximum Gasteiger partial charge on any atom is 0.416 e. The number of nitrogens with zero attached hydrogens (tertiary/aromatic N) is 1. The lowest BCUT2D eigenvalue weighted by Crippen LogP contribution is -2.39. The Morgan fingerprint density at radius 3 is 2.50 bits per heavy atom. The summed E-state index contributed by atoms with van der Waals surface area (Å²) < 4.78 is 65.3. The van der Waals surface area contributed by atoms with Crippen molar-refractivity contribution < 1.29 is 21.6 Å². The molecule has 0 amide bonds. The molecule has 2 saturated heterocycles. The van der Waals surface area contributed by atoms with E-state index in [-0.39, 0.29) is 42.6 Å². The summed E-state index contributed by atoms with van der Waals surface area (Å²) in [5.41, 5.74) is -1.02. The molecule has 1 aromatic carbocycles. The smallest absolute Gasteiger partial charge is 0.310 e. The van der Waals surface area contributed by atoms with Crippen molar-refractivity contribution in [1.29, 1.82) is 0 Å². The highest BCUT2D eigenvalue weighted by Crippen LogP contribution is 2.35. The third-order valence-corrected chi connectivity index (χ3v) is 6.71. The van der Waals surface area contributed by atoms with Crippen LogP contribution in [0.25, 0.3) is 0 Å². The zero-order chi connectivity index (χ0) is 16.8. The van der Waals surface area contributed by atoms with Gasteiger partial charge in [-0.15, -0.1) is 12.4 Å². The molecule has 3 rings (SSSR count). The van der Waals surface area contributed by atoms with Crippen LogP contribution in [-0.4, -0.2) is 37.9 Å². The molecule has 2 aliphatic rings. The van der Waals surface area contributed by atoms with Gasteiger partial charge < -0.3 is 5.32 Å². The molecule has 0 aromatic heterocycles. The molecule has 2 unspecified atom stereocenters. The summed E-state index contributed by atoms with van der Waals surface area (Å²) in [6, 6.07) is 2.71. The number of alkyl halides is 3. The SMILES string of the molecule is Cl.O=S(=O)(c1cc(C(F)(F)F)ccc1Cl)N1CCC2CCC(C1)N2. The van der Waals surface area contributed by atoms with Crippen LogP contribution in [0.5, 0.6) is 0 Å². The van der Waals surface area contributed by atoms with Gasteiger partial charge in [-0.3, -0.25) is 0 Å². The Kier molecular flexibility index (Phi) is 5.76. The Morgan fingerprint density at radius 1 is 1.17 bits per heavy atom. The Hall–Kier alpha value is -0.540. The van der Waals surface area contributed by atoms with Gasteiger partial charge in [-0.25, -0.2) is 8.42 Å². The monoisotopic (exact) mass is 404 g/mol. The number of halogens is 5. The van der Waals surface area contributed by atoms with Crippen LogP contribution >= 0.6 is 24.0 Å². The Bertz CT molecular complexity index is 712. The minimum absolute atomic E-state index is 0. The average molecular weight is 405 g/mol. The maximum absolute atomic E-state index is 12.9. The second-order valence-electron chi connectivity index (χ2n) is 5.93. The van der Waals surface area contributed by atoms with E-state index in [1.54, 1.807) is 0 Å². The summed E-state index contributed by atoms with van der Waals surface area (Å²) >= 11 is 5.88. The summed E-state index contributed by atoms with van der Waals surface area (Å²) in [4.78, 5) is -0.480. The zero-order valence-electron chi connectivity index (χ0n) is 12.5. The first-order chi connectivity index (χ1) is 10.7. The number of fused-ring (bicyclic) bond motifs is 2. The van der Waals surface area contributed by atoms with Gasteiger partial charge in [0, 0.05) is 25.2 Å². The van der Waals surface area contributed by atoms with Crippen LogP contribution < -0.4 is 5.32 Å². The topological polar surface area (TPSA) is 49.4 Å². The molecule has 0 spiro atoms. The van der Waals surface area contributed by atoms with Crippen LogP contribution in [0.3, 0.4) is 0 Å². The van der Waals surface area contributed by atoms with Crippen LogP contribution in [0.4, 0.5) is 13.2 Å². The van der Waals surface area contributed by atoms with Gasteiger partial charge in [-0.1, -0.05) is 11.6 Å². The molecular formula is C14H17Cl2F3N2O2S. The van der Waals surface area contributed by atoms with Gasteiger partial charge in [-0.2, -0.15) is 17.5 Å². The van der Waals surface area contributed by atoms with Gasteiger partial charge in [0.25, 0.3) is 0 Å². The van der Waals surface area contributed by atoms with E-state index >= 15 is 0 Å². The predicted octanol–water partition coefficient (Wildman–Crippen LogP) is 3.30. The fourth-order valence-electron chi connectivity index (χ4n) is 3.15. The van der Waals surface area contributed by atoms with E-state index < -0.39 is 26.7 Å². The van der Waals surface area contributed by atoms with E-state index in [0.717, 1.165) is 25.0 Å². The van der Waals surface area contributed by atoms with Crippen molar-refractivity contribution in [2.75, 3.05) is 13.1 Å². The van der Waals surface area contributed by atoms with Gasteiger partial charge in [0.15, 0.2) is 0 Å². The van der Waals surface area contributed by atoms with Crippen LogP contribution in [0, 0.1) is 0 Å². The first-order valence-corrected chi connectivity index (χ1v) is 9.12. The Morgan fingerprint density at radius 2 is 1.83 bits per heavy atom. The molecule has 2 atom stereocenters. The Labute approximate surface area is 149 Å². The second kappa shape index (κ2) is 6.99. The number of hydrogen-bond acceptors (Lipinski definition) is 3. The second-order valence-corrected chi connectivity index (χ2v) is 8.25. The standard InChI is InChI=1S/C14H16ClF3N2O2S.ClH/c15-12-4-1-9(14(16,17)18)7-13(12)23(21,22)20-6-5-10-2-3-11(8-20)19-10;/h1,4,7,10-11,19H,2-3,5-6,8H2;1H. The van der Waals surface area contributed by atoms with Gasteiger partial charge >= 0.3 is 6.18 Å². The lowest BCUT2D eigenvalue weighted by atomic mass is 10.1. The fraction of sp³-hybridized carbons (Fsp3) is 0.571. The highest BCUT2D eigenvalue weighted by atomic mass is 35.5. The van der Waals surface area contributed by atoms with Gasteiger partial charge in [0.05, 0.1) is 10.6 Å². The molecule has 2 bridgehead atoms. The van der Waals surface area contributed by atoms with Crippen LogP contribution in [-0.2, 0) is 16.2 Å². The van der Waals surface area contributed by atoms with Crippen LogP contribution in [0.15, 0.2) is 23.1 Å². The molecule has 136 valence electrons. The van der Waals surface area contributed by atoms with E-state index in [1.807, 2.05) is 0 Å². The van der Waals surface area contributed by atoms with E-state index in [9.17, 15) is 21.6 Å². The van der Waals surface area contributed by atoms with Gasteiger partial charge in [0.2, 0.25) is 10.0 Å². The van der Waals surface area contributed by atoms with Gasteiger partial charge in [-0.05, 0) is 37.5 Å². The van der Waals surface area contributed by atoms with Crippen molar-refractivity contribution in [1.82, 2.24) is 9.62 Å². The van der Waals surface area contributed by atoms with Crippen LogP contribution in [0.1, 0.15) is 24.8 Å². The van der Waals surface area contributed by atoms with Crippen molar-refractivity contribution in [3.05, 3.63) is 28.8 Å². The largest absolute Gasteiger partial charge is 0.416 e. The molecule has 2 fully saturated rings. The summed E-state index contributed by atoms with van der Waals surface area (Å²) in [6.07, 6.45) is -2.10. The van der Waals surface area contributed by atoms with E-state index in [2.05, 4.69) is 5.32 Å². The van der Waals surface area contributed by atoms with Crippen molar-refractivity contribution in [2.45, 2.75) is 42.4 Å². The molecular weight excluding hydrogens is 388 g/mol. The van der Waals surface area contributed by atoms with Crippen molar-refractivity contribution >= 4 is 34.0 Å². The molecule has 0 radical (unpaired) electrons. The number of rotatable bonds is 2. The zero-order valence-corrected chi connectivity index (χ0v) is 14.9. The van der Waals surface area contributed by atoms with Gasteiger partial charge in [0.1, 0.15) is 4.90 Å². The molecule has 2 heterocycles. The quantitative estimate of drug-likeness (QED) is 0.822. The molecule has 0 saturated carbocycles.